The van der Waals surface area contributed by atoms with Gasteiger partial charge in [0.25, 0.3) is 0 Å². The molecule has 0 aliphatic carbocycles. The van der Waals surface area contributed by atoms with Gasteiger partial charge in [-0.1, -0.05) is 13.3 Å². The molecule has 1 fully saturated rings. The molecule has 1 atom stereocenters. The van der Waals surface area contributed by atoms with Crippen LogP contribution in [0.5, 0.6) is 0 Å². The van der Waals surface area contributed by atoms with Crippen LogP contribution in [0, 0.1) is 0 Å². The Bertz CT molecular complexity index is 200. The van der Waals surface area contributed by atoms with Crippen LogP contribution in [0.3, 0.4) is 0 Å². The van der Waals surface area contributed by atoms with Crippen molar-refractivity contribution in [1.82, 2.24) is 0 Å². The van der Waals surface area contributed by atoms with Crippen molar-refractivity contribution < 1.29 is 19.1 Å². The fourth-order valence-corrected chi connectivity index (χ4v) is 1.13. The normalized spacial score (nSPS) is 21.3. The Kier molecular flexibility index (Phi) is 3.73. The predicted molar refractivity (Wildman–Crippen MR) is 45.0 cm³/mol. The van der Waals surface area contributed by atoms with E-state index < -0.39 is 0 Å². The van der Waals surface area contributed by atoms with Gasteiger partial charge < -0.3 is 9.47 Å². The summed E-state index contributed by atoms with van der Waals surface area (Å²) in [6, 6.07) is 0. The molecule has 1 aliphatic heterocycles. The van der Waals surface area contributed by atoms with Gasteiger partial charge in [-0.2, -0.15) is 0 Å². The minimum absolute atomic E-state index is 0.206. The lowest BCUT2D eigenvalue weighted by Gasteiger charge is -2.07. The number of hydrogen-bond acceptors (Lipinski definition) is 4. The Labute approximate surface area is 77.2 Å². The third-order valence-corrected chi connectivity index (χ3v) is 1.86. The van der Waals surface area contributed by atoms with Crippen LogP contribution in [0.15, 0.2) is 0 Å². The number of rotatable bonds is 4. The zero-order chi connectivity index (χ0) is 9.68. The van der Waals surface area contributed by atoms with Crippen LogP contribution in [0.1, 0.15) is 32.6 Å². The molecule has 1 unspecified atom stereocenters. The molecule has 1 saturated heterocycles. The number of carbonyl (C=O) groups is 2. The molecule has 1 rings (SSSR count). The lowest BCUT2D eigenvalue weighted by molar-refractivity contribution is -0.149. The fraction of sp³-hybridized carbons (Fsp3) is 0.778. The molecule has 0 aromatic rings. The molecule has 4 nitrogen and oxygen atoms in total. The monoisotopic (exact) mass is 186 g/mol. The van der Waals surface area contributed by atoms with E-state index in [1.54, 1.807) is 0 Å². The smallest absolute Gasteiger partial charge is 0.309 e. The van der Waals surface area contributed by atoms with Gasteiger partial charge in [0, 0.05) is 6.42 Å². The summed E-state index contributed by atoms with van der Waals surface area (Å²) < 4.78 is 9.65. The highest BCUT2D eigenvalue weighted by Crippen LogP contribution is 2.11. The lowest BCUT2D eigenvalue weighted by atomic mass is 10.2. The molecule has 0 aromatic carbocycles. The van der Waals surface area contributed by atoms with E-state index in [1.165, 1.54) is 0 Å². The Balaban J connectivity index is 2.17. The Morgan fingerprint density at radius 1 is 1.69 bits per heavy atom. The van der Waals surface area contributed by atoms with Gasteiger partial charge in [0.05, 0.1) is 6.42 Å². The SMILES string of the molecule is CCCCC(=O)OC1COC(=O)C1. The Morgan fingerprint density at radius 2 is 2.46 bits per heavy atom. The molecule has 13 heavy (non-hydrogen) atoms. The van der Waals surface area contributed by atoms with Crippen molar-refractivity contribution >= 4 is 11.9 Å². The van der Waals surface area contributed by atoms with E-state index in [2.05, 4.69) is 4.74 Å². The van der Waals surface area contributed by atoms with Crippen molar-refractivity contribution in [3.63, 3.8) is 0 Å². The van der Waals surface area contributed by atoms with Crippen molar-refractivity contribution in [3.8, 4) is 0 Å². The maximum Gasteiger partial charge on any atom is 0.309 e. The van der Waals surface area contributed by atoms with E-state index in [-0.39, 0.29) is 31.1 Å². The highest BCUT2D eigenvalue weighted by molar-refractivity contribution is 5.74. The quantitative estimate of drug-likeness (QED) is 0.615. The van der Waals surface area contributed by atoms with Crippen LogP contribution in [0.4, 0.5) is 0 Å². The first kappa shape index (κ1) is 10.0. The number of hydrogen-bond donors (Lipinski definition) is 0. The molecule has 1 heterocycles. The molecule has 1 aliphatic rings. The molecule has 4 heteroatoms. The second kappa shape index (κ2) is 4.84. The number of unbranched alkanes of at least 4 members (excludes halogenated alkanes) is 1. The van der Waals surface area contributed by atoms with Crippen LogP contribution in [-0.4, -0.2) is 24.6 Å². The van der Waals surface area contributed by atoms with Gasteiger partial charge in [0.15, 0.2) is 0 Å². The third-order valence-electron chi connectivity index (χ3n) is 1.86. The fourth-order valence-electron chi connectivity index (χ4n) is 1.13. The summed E-state index contributed by atoms with van der Waals surface area (Å²) in [7, 11) is 0. The predicted octanol–water partition coefficient (Wildman–Crippen LogP) is 1.04. The van der Waals surface area contributed by atoms with Gasteiger partial charge in [0.2, 0.25) is 0 Å². The molecule has 0 N–H and O–H groups in total. The second-order valence-corrected chi connectivity index (χ2v) is 3.10. The van der Waals surface area contributed by atoms with E-state index >= 15 is 0 Å². The molecule has 0 radical (unpaired) electrons. The molecule has 0 bridgehead atoms. The molecule has 74 valence electrons. The molecular formula is C9H14O4. The van der Waals surface area contributed by atoms with E-state index in [0.29, 0.717) is 6.42 Å². The zero-order valence-electron chi connectivity index (χ0n) is 7.75. The van der Waals surface area contributed by atoms with E-state index in [1.807, 2.05) is 6.92 Å². The van der Waals surface area contributed by atoms with Crippen LogP contribution in [0.2, 0.25) is 0 Å². The summed E-state index contributed by atoms with van der Waals surface area (Å²) in [6.45, 7) is 2.23. The highest BCUT2D eigenvalue weighted by atomic mass is 16.6. The molecule has 0 saturated carbocycles. The first-order valence-electron chi connectivity index (χ1n) is 4.57. The van der Waals surface area contributed by atoms with Gasteiger partial charge in [0.1, 0.15) is 12.7 Å². The highest BCUT2D eigenvalue weighted by Gasteiger charge is 2.26. The van der Waals surface area contributed by atoms with Crippen molar-refractivity contribution in [2.45, 2.75) is 38.7 Å². The van der Waals surface area contributed by atoms with Crippen molar-refractivity contribution in [2.75, 3.05) is 6.61 Å². The largest absolute Gasteiger partial charge is 0.462 e. The average molecular weight is 186 g/mol. The number of esters is 2. The maximum atomic E-state index is 11.1. The summed E-state index contributed by atoms with van der Waals surface area (Å²) in [5.74, 6) is -0.515. The third kappa shape index (κ3) is 3.44. The van der Waals surface area contributed by atoms with Gasteiger partial charge in [-0.3, -0.25) is 9.59 Å². The summed E-state index contributed by atoms with van der Waals surface area (Å²) >= 11 is 0. The summed E-state index contributed by atoms with van der Waals surface area (Å²) in [5.41, 5.74) is 0. The molecular weight excluding hydrogens is 172 g/mol. The van der Waals surface area contributed by atoms with Crippen LogP contribution in [-0.2, 0) is 19.1 Å². The minimum Gasteiger partial charge on any atom is -0.462 e. The van der Waals surface area contributed by atoms with Crippen molar-refractivity contribution in [3.05, 3.63) is 0 Å². The Morgan fingerprint density at radius 3 is 3.00 bits per heavy atom. The van der Waals surface area contributed by atoms with Crippen LogP contribution >= 0.6 is 0 Å². The summed E-state index contributed by atoms with van der Waals surface area (Å²) in [5, 5.41) is 0. The van der Waals surface area contributed by atoms with Gasteiger partial charge in [-0.05, 0) is 6.42 Å². The minimum atomic E-state index is -0.350. The topological polar surface area (TPSA) is 52.6 Å². The van der Waals surface area contributed by atoms with Gasteiger partial charge in [-0.15, -0.1) is 0 Å². The summed E-state index contributed by atoms with van der Waals surface area (Å²) in [4.78, 5) is 21.7. The van der Waals surface area contributed by atoms with E-state index in [9.17, 15) is 9.59 Å². The number of cyclic esters (lactones) is 1. The van der Waals surface area contributed by atoms with Crippen LogP contribution < -0.4 is 0 Å². The summed E-state index contributed by atoms with van der Waals surface area (Å²) in [6.07, 6.45) is 2.09. The standard InChI is InChI=1S/C9H14O4/c1-2-3-4-8(10)13-7-5-9(11)12-6-7/h7H,2-6H2,1H3. The van der Waals surface area contributed by atoms with Gasteiger partial charge in [-0.25, -0.2) is 0 Å². The maximum absolute atomic E-state index is 11.1. The average Bonchev–Trinajstić information content (AvgIpc) is 2.48. The molecule has 0 aromatic heterocycles. The first-order chi connectivity index (χ1) is 6.22. The lowest BCUT2D eigenvalue weighted by Crippen LogP contribution is -2.17. The zero-order valence-corrected chi connectivity index (χ0v) is 7.75. The van der Waals surface area contributed by atoms with Crippen molar-refractivity contribution in [2.24, 2.45) is 0 Å². The Hall–Kier alpha value is -1.06. The number of carbonyl (C=O) groups excluding carboxylic acids is 2. The molecule has 0 amide bonds. The second-order valence-electron chi connectivity index (χ2n) is 3.10. The van der Waals surface area contributed by atoms with Gasteiger partial charge >= 0.3 is 11.9 Å². The molecule has 0 spiro atoms. The first-order valence-corrected chi connectivity index (χ1v) is 4.57. The van der Waals surface area contributed by atoms with Crippen molar-refractivity contribution in [1.29, 1.82) is 0 Å². The number of ether oxygens (including phenoxy) is 2. The van der Waals surface area contributed by atoms with E-state index in [0.717, 1.165) is 12.8 Å². The van der Waals surface area contributed by atoms with E-state index in [4.69, 9.17) is 4.74 Å². The van der Waals surface area contributed by atoms with Crippen LogP contribution in [0.25, 0.3) is 0 Å².